The monoisotopic (exact) mass is 400 g/mol. The third-order valence-corrected chi connectivity index (χ3v) is 5.15. The Morgan fingerprint density at radius 2 is 1.93 bits per heavy atom. The second kappa shape index (κ2) is 7.83. The van der Waals surface area contributed by atoms with Crippen LogP contribution >= 0.6 is 11.6 Å². The number of fused-ring (bicyclic) bond motifs is 1. The molecular weight excluding hydrogens is 384 g/mol. The number of para-hydroxylation sites is 1. The molecule has 142 valence electrons. The van der Waals surface area contributed by atoms with Gasteiger partial charge in [0.1, 0.15) is 6.07 Å². The Hall–Kier alpha value is -3.55. The van der Waals surface area contributed by atoms with E-state index in [0.717, 1.165) is 27.7 Å². The zero-order valence-corrected chi connectivity index (χ0v) is 16.5. The van der Waals surface area contributed by atoms with Gasteiger partial charge < -0.3 is 9.30 Å². The highest BCUT2D eigenvalue weighted by atomic mass is 35.5. The highest BCUT2D eigenvalue weighted by Crippen LogP contribution is 2.26. The quantitative estimate of drug-likeness (QED) is 0.423. The molecule has 5 heteroatoms. The smallest absolute Gasteiger partial charge is 0.338 e. The predicted octanol–water partition coefficient (Wildman–Crippen LogP) is 5.53. The lowest BCUT2D eigenvalue weighted by Gasteiger charge is -2.10. The Kier molecular flexibility index (Phi) is 5.07. The summed E-state index contributed by atoms with van der Waals surface area (Å²) in [6, 6.07) is 23.2. The predicted molar refractivity (Wildman–Crippen MR) is 114 cm³/mol. The van der Waals surface area contributed by atoms with Crippen molar-refractivity contribution in [3.05, 3.63) is 100 Å². The van der Waals surface area contributed by atoms with Crippen molar-refractivity contribution in [2.24, 2.45) is 0 Å². The van der Waals surface area contributed by atoms with Crippen molar-refractivity contribution in [3.8, 4) is 11.8 Å². The Morgan fingerprint density at radius 1 is 1.10 bits per heavy atom. The third-order valence-electron chi connectivity index (χ3n) is 4.91. The van der Waals surface area contributed by atoms with Gasteiger partial charge in [-0.25, -0.2) is 4.79 Å². The van der Waals surface area contributed by atoms with Crippen LogP contribution in [0, 0.1) is 11.3 Å². The van der Waals surface area contributed by atoms with Gasteiger partial charge in [0.25, 0.3) is 0 Å². The first kappa shape index (κ1) is 18.8. The van der Waals surface area contributed by atoms with Crippen molar-refractivity contribution in [2.75, 3.05) is 7.11 Å². The molecule has 4 rings (SSSR count). The minimum Gasteiger partial charge on any atom is -0.465 e. The van der Waals surface area contributed by atoms with E-state index in [1.54, 1.807) is 12.1 Å². The van der Waals surface area contributed by atoms with Gasteiger partial charge in [-0.3, -0.25) is 0 Å². The second-order valence-corrected chi connectivity index (χ2v) is 7.11. The molecule has 4 aromatic rings. The average Bonchev–Trinajstić information content (AvgIpc) is 3.17. The van der Waals surface area contributed by atoms with Gasteiger partial charge in [0.2, 0.25) is 0 Å². The molecule has 0 bridgehead atoms. The molecule has 0 amide bonds. The van der Waals surface area contributed by atoms with Gasteiger partial charge in [0.05, 0.1) is 29.4 Å². The van der Waals surface area contributed by atoms with Crippen molar-refractivity contribution in [2.45, 2.75) is 6.42 Å². The highest BCUT2D eigenvalue weighted by Gasteiger charge is 2.14. The fourth-order valence-electron chi connectivity index (χ4n) is 3.51. The summed E-state index contributed by atoms with van der Waals surface area (Å²) in [5, 5.41) is 11.0. The van der Waals surface area contributed by atoms with Crippen LogP contribution in [0.1, 0.15) is 27.0 Å². The molecule has 0 unspecified atom stereocenters. The zero-order chi connectivity index (χ0) is 20.4. The van der Waals surface area contributed by atoms with E-state index in [-0.39, 0.29) is 0 Å². The molecule has 1 aromatic heterocycles. The van der Waals surface area contributed by atoms with Crippen LogP contribution < -0.4 is 0 Å². The Balaban J connectivity index is 1.72. The molecule has 3 aromatic carbocycles. The molecule has 0 aliphatic heterocycles. The second-order valence-electron chi connectivity index (χ2n) is 6.68. The minimum atomic E-state index is -0.400. The Morgan fingerprint density at radius 3 is 2.72 bits per heavy atom. The number of nitriles is 1. The molecule has 29 heavy (non-hydrogen) atoms. The third kappa shape index (κ3) is 3.61. The van der Waals surface area contributed by atoms with Crippen LogP contribution in [0.25, 0.3) is 16.6 Å². The maximum atomic E-state index is 12.1. The number of esters is 1. The molecule has 0 N–H and O–H groups in total. The Bertz CT molecular complexity index is 1270. The summed E-state index contributed by atoms with van der Waals surface area (Å²) in [7, 11) is 1.36. The maximum Gasteiger partial charge on any atom is 0.338 e. The van der Waals surface area contributed by atoms with E-state index in [1.165, 1.54) is 7.11 Å². The topological polar surface area (TPSA) is 55.0 Å². The lowest BCUT2D eigenvalue weighted by atomic mass is 9.99. The van der Waals surface area contributed by atoms with Crippen LogP contribution in [0.15, 0.2) is 72.9 Å². The molecule has 0 radical (unpaired) electrons. The number of benzene rings is 3. The van der Waals surface area contributed by atoms with Crippen LogP contribution in [0.3, 0.4) is 0 Å². The van der Waals surface area contributed by atoms with E-state index in [4.69, 9.17) is 16.3 Å². The summed E-state index contributed by atoms with van der Waals surface area (Å²) in [4.78, 5) is 12.1. The van der Waals surface area contributed by atoms with Crippen LogP contribution in [-0.2, 0) is 11.2 Å². The number of rotatable bonds is 4. The van der Waals surface area contributed by atoms with E-state index in [9.17, 15) is 10.1 Å². The zero-order valence-electron chi connectivity index (χ0n) is 15.7. The van der Waals surface area contributed by atoms with Gasteiger partial charge in [-0.05, 0) is 60.0 Å². The summed E-state index contributed by atoms with van der Waals surface area (Å²) in [6.45, 7) is 0. The fraction of sp³-hybridized carbons (Fsp3) is 0.0833. The lowest BCUT2D eigenvalue weighted by molar-refractivity contribution is 0.0599. The molecule has 0 saturated heterocycles. The average molecular weight is 401 g/mol. The summed E-state index contributed by atoms with van der Waals surface area (Å²) < 4.78 is 6.90. The van der Waals surface area contributed by atoms with Gasteiger partial charge in [0, 0.05) is 16.6 Å². The normalized spacial score (nSPS) is 10.7. The van der Waals surface area contributed by atoms with Crippen LogP contribution in [-0.4, -0.2) is 17.6 Å². The summed E-state index contributed by atoms with van der Waals surface area (Å²) in [5.41, 5.74) is 4.88. The van der Waals surface area contributed by atoms with E-state index in [1.807, 2.05) is 59.3 Å². The van der Waals surface area contributed by atoms with E-state index in [2.05, 4.69) is 12.1 Å². The van der Waals surface area contributed by atoms with Crippen LogP contribution in [0.2, 0.25) is 5.02 Å². The van der Waals surface area contributed by atoms with Gasteiger partial charge in [-0.15, -0.1) is 0 Å². The van der Waals surface area contributed by atoms with E-state index < -0.39 is 5.97 Å². The fourth-order valence-corrected chi connectivity index (χ4v) is 3.69. The van der Waals surface area contributed by atoms with Crippen molar-refractivity contribution in [1.82, 2.24) is 4.57 Å². The number of hydrogen-bond donors (Lipinski definition) is 0. The molecule has 1 heterocycles. The lowest BCUT2D eigenvalue weighted by Crippen LogP contribution is -2.06. The molecule has 0 spiro atoms. The number of hydrogen-bond acceptors (Lipinski definition) is 3. The summed E-state index contributed by atoms with van der Waals surface area (Å²) >= 11 is 6.05. The molecule has 0 aliphatic rings. The number of carbonyl (C=O) groups excluding carboxylic acids is 1. The van der Waals surface area contributed by atoms with Gasteiger partial charge in [0.15, 0.2) is 0 Å². The first-order chi connectivity index (χ1) is 14.1. The molecule has 0 fully saturated rings. The van der Waals surface area contributed by atoms with Crippen LogP contribution in [0.5, 0.6) is 0 Å². The summed E-state index contributed by atoms with van der Waals surface area (Å²) in [6.07, 6.45) is 2.55. The number of methoxy groups -OCH3 is 1. The number of nitrogens with zero attached hydrogens (tertiary/aromatic N) is 2. The highest BCUT2D eigenvalue weighted by molar-refractivity contribution is 6.31. The Labute approximate surface area is 173 Å². The number of halogens is 1. The van der Waals surface area contributed by atoms with Gasteiger partial charge in [-0.1, -0.05) is 35.9 Å². The summed E-state index contributed by atoms with van der Waals surface area (Å²) in [5.74, 6) is -0.400. The number of aromatic nitrogens is 1. The van der Waals surface area contributed by atoms with Crippen LogP contribution in [0.4, 0.5) is 0 Å². The van der Waals surface area contributed by atoms with E-state index >= 15 is 0 Å². The minimum absolute atomic E-state index is 0.400. The van der Waals surface area contributed by atoms with Crippen molar-refractivity contribution in [1.29, 1.82) is 5.26 Å². The number of ether oxygens (including phenoxy) is 1. The molecule has 0 atom stereocenters. The van der Waals surface area contributed by atoms with Crippen molar-refractivity contribution >= 4 is 28.5 Å². The SMILES string of the molecule is COC(=O)c1cc(Cl)ccc1Cc1ccc2c(ccn2-c2ccccc2C#N)c1. The molecule has 4 nitrogen and oxygen atoms in total. The maximum absolute atomic E-state index is 12.1. The van der Waals surface area contributed by atoms with Crippen molar-refractivity contribution < 1.29 is 9.53 Å². The largest absolute Gasteiger partial charge is 0.465 e. The molecule has 0 aliphatic carbocycles. The van der Waals surface area contributed by atoms with Crippen molar-refractivity contribution in [3.63, 3.8) is 0 Å². The van der Waals surface area contributed by atoms with E-state index in [0.29, 0.717) is 22.6 Å². The molecular formula is C24H17ClN2O2. The first-order valence-electron chi connectivity index (χ1n) is 9.07. The van der Waals surface area contributed by atoms with Gasteiger partial charge in [-0.2, -0.15) is 5.26 Å². The molecule has 0 saturated carbocycles. The van der Waals surface area contributed by atoms with Gasteiger partial charge >= 0.3 is 5.97 Å². The standard InChI is InChI=1S/C24H17ClN2O2/c1-29-24(28)21-14-20(25)8-7-17(21)12-16-6-9-23-18(13-16)10-11-27(23)22-5-3-2-4-19(22)15-26/h2-11,13-14H,12H2,1H3. The number of carbonyl (C=O) groups is 1. The first-order valence-corrected chi connectivity index (χ1v) is 9.44.